The summed E-state index contributed by atoms with van der Waals surface area (Å²) < 4.78 is 0. The van der Waals surface area contributed by atoms with Crippen molar-refractivity contribution in [2.75, 3.05) is 0 Å². The summed E-state index contributed by atoms with van der Waals surface area (Å²) in [7, 11) is 0. The predicted octanol–water partition coefficient (Wildman–Crippen LogP) is 0.00880. The molecule has 2 aromatic carbocycles. The molecule has 0 saturated heterocycles. The van der Waals surface area contributed by atoms with E-state index in [9.17, 15) is 19.8 Å². The molecule has 4 N–H and O–H groups in total. The normalized spacial score (nSPS) is 13.5. The van der Waals surface area contributed by atoms with Crippen LogP contribution in [0.3, 0.4) is 0 Å². The molecule has 2 aromatic rings. The van der Waals surface area contributed by atoms with Crippen LogP contribution in [0.1, 0.15) is 11.1 Å². The Morgan fingerprint density at radius 2 is 1.08 bits per heavy atom. The molecule has 0 bridgehead atoms. The predicted molar refractivity (Wildman–Crippen MR) is 96.4 cm³/mol. The lowest BCUT2D eigenvalue weighted by atomic mass is 10.2. The Labute approximate surface area is 149 Å². The van der Waals surface area contributed by atoms with Crippen LogP contribution in [-0.2, 0) is 9.59 Å². The van der Waals surface area contributed by atoms with Crippen LogP contribution in [0.5, 0.6) is 0 Å². The van der Waals surface area contributed by atoms with Crippen LogP contribution in [0, 0.1) is 0 Å². The molecule has 26 heavy (non-hydrogen) atoms. The molecule has 0 aliphatic heterocycles. The van der Waals surface area contributed by atoms with Crippen molar-refractivity contribution in [3.63, 3.8) is 0 Å². The summed E-state index contributed by atoms with van der Waals surface area (Å²) in [5, 5.41) is 26.7. The highest BCUT2D eigenvalue weighted by Crippen LogP contribution is 1.97. The number of nitrogens with one attached hydrogen (secondary N) is 2. The first-order chi connectivity index (χ1) is 12.6. The first kappa shape index (κ1) is 19.0. The first-order valence-corrected chi connectivity index (χ1v) is 7.70. The fraction of sp³-hybridized carbons (Fsp3) is 0.111. The third-order valence-electron chi connectivity index (χ3n) is 3.21. The zero-order valence-electron chi connectivity index (χ0n) is 13.7. The summed E-state index contributed by atoms with van der Waals surface area (Å²) in [5.74, 6) is -2.04. The van der Waals surface area contributed by atoms with Crippen LogP contribution >= 0.6 is 0 Å². The molecule has 2 unspecified atom stereocenters. The van der Waals surface area contributed by atoms with E-state index >= 15 is 0 Å². The van der Waals surface area contributed by atoms with Crippen LogP contribution in [-0.4, -0.2) is 46.7 Å². The highest BCUT2D eigenvalue weighted by molar-refractivity contribution is 5.91. The van der Waals surface area contributed by atoms with Gasteiger partial charge in [-0.25, -0.2) is 10.9 Å². The van der Waals surface area contributed by atoms with Gasteiger partial charge >= 0.3 is 0 Å². The fourth-order valence-electron chi connectivity index (χ4n) is 1.84. The maximum absolute atomic E-state index is 11.7. The van der Waals surface area contributed by atoms with Crippen molar-refractivity contribution in [1.82, 2.24) is 10.9 Å². The number of benzene rings is 2. The molecular weight excluding hydrogens is 336 g/mol. The Hall–Kier alpha value is -3.36. The van der Waals surface area contributed by atoms with E-state index in [0.717, 1.165) is 11.1 Å². The first-order valence-electron chi connectivity index (χ1n) is 7.70. The Balaban J connectivity index is 1.82. The molecule has 8 heteroatoms. The molecule has 0 aliphatic carbocycles. The van der Waals surface area contributed by atoms with Crippen molar-refractivity contribution >= 4 is 24.2 Å². The van der Waals surface area contributed by atoms with E-state index in [1.165, 1.54) is 12.4 Å². The zero-order valence-corrected chi connectivity index (χ0v) is 13.7. The number of aliphatic hydroxyl groups excluding tert-OH is 2. The average molecular weight is 354 g/mol. The molecule has 0 heterocycles. The smallest absolute Gasteiger partial charge is 0.272 e. The quantitative estimate of drug-likeness (QED) is 0.413. The molecule has 134 valence electrons. The number of hydrogen-bond donors (Lipinski definition) is 4. The highest BCUT2D eigenvalue weighted by atomic mass is 16.3. The summed E-state index contributed by atoms with van der Waals surface area (Å²) in [4.78, 5) is 23.4. The number of aliphatic hydroxyl groups is 2. The summed E-state index contributed by atoms with van der Waals surface area (Å²) in [6, 6.07) is 17.9. The van der Waals surface area contributed by atoms with Gasteiger partial charge in [0.25, 0.3) is 11.8 Å². The molecule has 0 fully saturated rings. The Morgan fingerprint density at radius 1 is 0.731 bits per heavy atom. The molecule has 0 saturated carbocycles. The Morgan fingerprint density at radius 3 is 1.42 bits per heavy atom. The van der Waals surface area contributed by atoms with Gasteiger partial charge in [0.15, 0.2) is 12.2 Å². The number of hydrazone groups is 2. The van der Waals surface area contributed by atoms with E-state index in [4.69, 9.17) is 0 Å². The van der Waals surface area contributed by atoms with Gasteiger partial charge in [0.2, 0.25) is 0 Å². The standard InChI is InChI=1S/C18H18N4O4/c23-15(17(25)21-19-11-13-7-3-1-4-8-13)16(24)18(26)22-20-12-14-9-5-2-6-10-14/h1-12,15-16,23-24H,(H,21,25)(H,22,26). The van der Waals surface area contributed by atoms with E-state index in [0.29, 0.717) is 0 Å². The third-order valence-corrected chi connectivity index (χ3v) is 3.21. The molecule has 2 atom stereocenters. The molecule has 0 spiro atoms. The van der Waals surface area contributed by atoms with E-state index in [1.807, 2.05) is 12.1 Å². The van der Waals surface area contributed by atoms with Crippen LogP contribution in [0.2, 0.25) is 0 Å². The van der Waals surface area contributed by atoms with Crippen molar-refractivity contribution in [1.29, 1.82) is 0 Å². The molecule has 2 rings (SSSR count). The molecule has 0 aromatic heterocycles. The topological polar surface area (TPSA) is 123 Å². The minimum atomic E-state index is -1.99. The van der Waals surface area contributed by atoms with Gasteiger partial charge in [-0.05, 0) is 11.1 Å². The van der Waals surface area contributed by atoms with Crippen LogP contribution in [0.4, 0.5) is 0 Å². The van der Waals surface area contributed by atoms with Crippen molar-refractivity contribution in [3.8, 4) is 0 Å². The second kappa shape index (κ2) is 9.82. The lowest BCUT2D eigenvalue weighted by molar-refractivity contribution is -0.146. The second-order valence-electron chi connectivity index (χ2n) is 5.18. The van der Waals surface area contributed by atoms with Crippen LogP contribution in [0.25, 0.3) is 0 Å². The van der Waals surface area contributed by atoms with E-state index in [1.54, 1.807) is 48.5 Å². The van der Waals surface area contributed by atoms with Gasteiger partial charge in [-0.1, -0.05) is 60.7 Å². The summed E-state index contributed by atoms with van der Waals surface area (Å²) in [6.07, 6.45) is -1.26. The molecule has 0 radical (unpaired) electrons. The SMILES string of the molecule is O=C(NN=Cc1ccccc1)C(O)C(O)C(=O)NN=Cc1ccccc1. The van der Waals surface area contributed by atoms with Gasteiger partial charge in [-0.3, -0.25) is 9.59 Å². The number of hydrogen-bond acceptors (Lipinski definition) is 6. The minimum absolute atomic E-state index is 0.732. The van der Waals surface area contributed by atoms with E-state index in [-0.39, 0.29) is 0 Å². The van der Waals surface area contributed by atoms with Crippen molar-refractivity contribution in [3.05, 3.63) is 71.8 Å². The second-order valence-corrected chi connectivity index (χ2v) is 5.18. The largest absolute Gasteiger partial charge is 0.380 e. The van der Waals surface area contributed by atoms with Crippen molar-refractivity contribution < 1.29 is 19.8 Å². The average Bonchev–Trinajstić information content (AvgIpc) is 2.68. The summed E-state index contributed by atoms with van der Waals surface area (Å²) >= 11 is 0. The molecular formula is C18H18N4O4. The lowest BCUT2D eigenvalue weighted by Crippen LogP contribution is -2.47. The molecule has 2 amide bonds. The number of carbonyl (C=O) groups is 2. The molecule has 8 nitrogen and oxygen atoms in total. The minimum Gasteiger partial charge on any atom is -0.380 e. The van der Waals surface area contributed by atoms with Gasteiger partial charge in [0.05, 0.1) is 12.4 Å². The number of rotatable bonds is 7. The Kier molecular flexibility index (Phi) is 7.17. The van der Waals surface area contributed by atoms with Gasteiger partial charge < -0.3 is 10.2 Å². The number of amides is 2. The van der Waals surface area contributed by atoms with E-state index < -0.39 is 24.0 Å². The van der Waals surface area contributed by atoms with Gasteiger partial charge in [-0.15, -0.1) is 0 Å². The van der Waals surface area contributed by atoms with Gasteiger partial charge in [0, 0.05) is 0 Å². The van der Waals surface area contributed by atoms with Crippen molar-refractivity contribution in [2.24, 2.45) is 10.2 Å². The maximum Gasteiger partial charge on any atom is 0.272 e. The van der Waals surface area contributed by atoms with E-state index in [2.05, 4.69) is 21.1 Å². The maximum atomic E-state index is 11.7. The lowest BCUT2D eigenvalue weighted by Gasteiger charge is -2.14. The fourth-order valence-corrected chi connectivity index (χ4v) is 1.84. The summed E-state index contributed by atoms with van der Waals surface area (Å²) in [6.45, 7) is 0. The van der Waals surface area contributed by atoms with Crippen LogP contribution < -0.4 is 10.9 Å². The van der Waals surface area contributed by atoms with Gasteiger partial charge in [-0.2, -0.15) is 10.2 Å². The van der Waals surface area contributed by atoms with Gasteiger partial charge in [0.1, 0.15) is 0 Å². The van der Waals surface area contributed by atoms with Crippen LogP contribution in [0.15, 0.2) is 70.9 Å². The monoisotopic (exact) mass is 354 g/mol. The Bertz CT molecular complexity index is 711. The summed E-state index contributed by atoms with van der Waals surface area (Å²) in [5.41, 5.74) is 5.57. The van der Waals surface area contributed by atoms with Crippen molar-refractivity contribution in [2.45, 2.75) is 12.2 Å². The zero-order chi connectivity index (χ0) is 18.8. The highest BCUT2D eigenvalue weighted by Gasteiger charge is 2.30. The number of carbonyl (C=O) groups excluding carboxylic acids is 2. The third kappa shape index (κ3) is 5.93. The molecule has 0 aliphatic rings. The number of nitrogens with zero attached hydrogens (tertiary/aromatic N) is 2.